The molecule has 0 spiro atoms. The first kappa shape index (κ1) is 10.2. The van der Waals surface area contributed by atoms with Crippen LogP contribution in [0.3, 0.4) is 0 Å². The highest BCUT2D eigenvalue weighted by molar-refractivity contribution is 5.92. The predicted molar refractivity (Wildman–Crippen MR) is 60.6 cm³/mol. The molecule has 2 N–H and O–H groups in total. The zero-order chi connectivity index (χ0) is 11.5. The Morgan fingerprint density at radius 1 is 1.00 bits per heavy atom. The molecule has 1 aromatic heterocycles. The van der Waals surface area contributed by atoms with E-state index in [2.05, 4.69) is 0 Å². The molecule has 0 aliphatic heterocycles. The quantitative estimate of drug-likeness (QED) is 0.808. The molecule has 0 unspecified atom stereocenters. The fourth-order valence-corrected chi connectivity index (χ4v) is 1.38. The van der Waals surface area contributed by atoms with Gasteiger partial charge in [0.2, 0.25) is 5.91 Å². The number of benzene rings is 1. The smallest absolute Gasteiger partial charge is 0.248 e. The normalized spacial score (nSPS) is 10.0. The van der Waals surface area contributed by atoms with E-state index in [0.29, 0.717) is 5.56 Å². The average molecular weight is 214 g/mol. The van der Waals surface area contributed by atoms with E-state index in [9.17, 15) is 9.59 Å². The van der Waals surface area contributed by atoms with Crippen molar-refractivity contribution in [3.8, 4) is 5.69 Å². The SMILES string of the molecule is NC(=O)c1ccc(-n2ccc(=O)cc2)cc1. The monoisotopic (exact) mass is 214 g/mol. The van der Waals surface area contributed by atoms with Gasteiger partial charge in [-0.2, -0.15) is 0 Å². The van der Waals surface area contributed by atoms with Crippen LogP contribution in [0.15, 0.2) is 53.6 Å². The Morgan fingerprint density at radius 2 is 1.56 bits per heavy atom. The van der Waals surface area contributed by atoms with Crippen molar-refractivity contribution in [1.82, 2.24) is 4.57 Å². The highest BCUT2D eigenvalue weighted by atomic mass is 16.1. The van der Waals surface area contributed by atoms with Gasteiger partial charge in [0.1, 0.15) is 0 Å². The summed E-state index contributed by atoms with van der Waals surface area (Å²) >= 11 is 0. The van der Waals surface area contributed by atoms with Gasteiger partial charge in [0.25, 0.3) is 0 Å². The molecule has 4 nitrogen and oxygen atoms in total. The molecule has 1 heterocycles. The third kappa shape index (κ3) is 2.00. The number of pyridine rings is 1. The van der Waals surface area contributed by atoms with Crippen LogP contribution < -0.4 is 11.2 Å². The molecule has 16 heavy (non-hydrogen) atoms. The number of nitrogens with zero attached hydrogens (tertiary/aromatic N) is 1. The van der Waals surface area contributed by atoms with Crippen LogP contribution in [-0.2, 0) is 0 Å². The molecule has 0 saturated carbocycles. The summed E-state index contributed by atoms with van der Waals surface area (Å²) in [5, 5.41) is 0. The number of hydrogen-bond donors (Lipinski definition) is 1. The van der Waals surface area contributed by atoms with Crippen molar-refractivity contribution in [3.63, 3.8) is 0 Å². The Labute approximate surface area is 91.9 Å². The molecule has 2 aromatic rings. The summed E-state index contributed by atoms with van der Waals surface area (Å²) in [5.41, 5.74) is 6.43. The molecular formula is C12H10N2O2. The number of aromatic nitrogens is 1. The van der Waals surface area contributed by atoms with Crippen molar-refractivity contribution < 1.29 is 4.79 Å². The lowest BCUT2D eigenvalue weighted by molar-refractivity contribution is 0.100. The number of hydrogen-bond acceptors (Lipinski definition) is 2. The Kier molecular flexibility index (Phi) is 2.55. The van der Waals surface area contributed by atoms with Gasteiger partial charge in [-0.3, -0.25) is 9.59 Å². The Morgan fingerprint density at radius 3 is 2.06 bits per heavy atom. The molecule has 4 heteroatoms. The first-order valence-corrected chi connectivity index (χ1v) is 4.75. The number of amides is 1. The number of primary amides is 1. The van der Waals surface area contributed by atoms with Gasteiger partial charge in [0.15, 0.2) is 5.43 Å². The minimum Gasteiger partial charge on any atom is -0.366 e. The summed E-state index contributed by atoms with van der Waals surface area (Å²) in [7, 11) is 0. The van der Waals surface area contributed by atoms with Gasteiger partial charge in [-0.1, -0.05) is 0 Å². The maximum Gasteiger partial charge on any atom is 0.248 e. The average Bonchev–Trinajstić information content (AvgIpc) is 2.30. The summed E-state index contributed by atoms with van der Waals surface area (Å²) < 4.78 is 1.78. The number of nitrogens with two attached hydrogens (primary N) is 1. The lowest BCUT2D eigenvalue weighted by Gasteiger charge is -2.05. The number of rotatable bonds is 2. The second-order valence-electron chi connectivity index (χ2n) is 3.35. The van der Waals surface area contributed by atoms with Crippen LogP contribution in [0.5, 0.6) is 0 Å². The van der Waals surface area contributed by atoms with Crippen molar-refractivity contribution in [2.24, 2.45) is 5.73 Å². The summed E-state index contributed by atoms with van der Waals surface area (Å²) in [6.07, 6.45) is 3.34. The fraction of sp³-hybridized carbons (Fsp3) is 0. The Balaban J connectivity index is 2.38. The van der Waals surface area contributed by atoms with E-state index in [1.165, 1.54) is 12.1 Å². The van der Waals surface area contributed by atoms with Crippen LogP contribution in [0.2, 0.25) is 0 Å². The van der Waals surface area contributed by atoms with Crippen LogP contribution in [-0.4, -0.2) is 10.5 Å². The maximum absolute atomic E-state index is 10.9. The van der Waals surface area contributed by atoms with Gasteiger partial charge >= 0.3 is 0 Å². The second-order valence-corrected chi connectivity index (χ2v) is 3.35. The van der Waals surface area contributed by atoms with Gasteiger partial charge in [-0.15, -0.1) is 0 Å². The van der Waals surface area contributed by atoms with Crippen LogP contribution in [0.25, 0.3) is 5.69 Å². The van der Waals surface area contributed by atoms with Crippen molar-refractivity contribution in [1.29, 1.82) is 0 Å². The molecule has 0 atom stereocenters. The van der Waals surface area contributed by atoms with Gasteiger partial charge in [0.05, 0.1) is 0 Å². The molecule has 80 valence electrons. The minimum atomic E-state index is -0.452. The lowest BCUT2D eigenvalue weighted by Crippen LogP contribution is -2.10. The second kappa shape index (κ2) is 4.02. The summed E-state index contributed by atoms with van der Waals surface area (Å²) in [5.74, 6) is -0.452. The number of carbonyl (C=O) groups is 1. The summed E-state index contributed by atoms with van der Waals surface area (Å²) in [6.45, 7) is 0. The molecule has 1 amide bonds. The molecule has 0 fully saturated rings. The first-order valence-electron chi connectivity index (χ1n) is 4.75. The zero-order valence-electron chi connectivity index (χ0n) is 8.46. The molecular weight excluding hydrogens is 204 g/mol. The molecule has 0 aliphatic rings. The van der Waals surface area contributed by atoms with E-state index in [0.717, 1.165) is 5.69 Å². The maximum atomic E-state index is 10.9. The highest BCUT2D eigenvalue weighted by Crippen LogP contribution is 2.08. The Hall–Kier alpha value is -2.36. The first-order chi connectivity index (χ1) is 7.66. The summed E-state index contributed by atoms with van der Waals surface area (Å²) in [6, 6.07) is 9.78. The van der Waals surface area contributed by atoms with Gasteiger partial charge < -0.3 is 10.3 Å². The van der Waals surface area contributed by atoms with E-state index < -0.39 is 5.91 Å². The van der Waals surface area contributed by atoms with Gasteiger partial charge in [0, 0.05) is 35.8 Å². The lowest BCUT2D eigenvalue weighted by atomic mass is 10.2. The molecule has 0 bridgehead atoms. The number of carbonyl (C=O) groups excluding carboxylic acids is 1. The van der Waals surface area contributed by atoms with Crippen LogP contribution >= 0.6 is 0 Å². The summed E-state index contributed by atoms with van der Waals surface area (Å²) in [4.78, 5) is 21.8. The van der Waals surface area contributed by atoms with E-state index in [4.69, 9.17) is 5.73 Å². The molecule has 0 aliphatic carbocycles. The van der Waals surface area contributed by atoms with E-state index in [1.807, 2.05) is 0 Å². The standard InChI is InChI=1S/C12H10N2O2/c13-12(16)9-1-3-10(4-2-9)14-7-5-11(15)6-8-14/h1-8H,(H2,13,16). The molecule has 0 radical (unpaired) electrons. The van der Waals surface area contributed by atoms with E-state index >= 15 is 0 Å². The molecule has 1 aromatic carbocycles. The van der Waals surface area contributed by atoms with Gasteiger partial charge in [-0.25, -0.2) is 0 Å². The largest absolute Gasteiger partial charge is 0.366 e. The van der Waals surface area contributed by atoms with Gasteiger partial charge in [-0.05, 0) is 24.3 Å². The zero-order valence-corrected chi connectivity index (χ0v) is 8.46. The van der Waals surface area contributed by atoms with E-state index in [-0.39, 0.29) is 5.43 Å². The van der Waals surface area contributed by atoms with Crippen molar-refractivity contribution in [2.45, 2.75) is 0 Å². The van der Waals surface area contributed by atoms with Crippen LogP contribution in [0.1, 0.15) is 10.4 Å². The third-order valence-electron chi connectivity index (χ3n) is 2.25. The predicted octanol–water partition coefficient (Wildman–Crippen LogP) is 0.936. The van der Waals surface area contributed by atoms with Crippen molar-refractivity contribution >= 4 is 5.91 Å². The third-order valence-corrected chi connectivity index (χ3v) is 2.25. The molecule has 0 saturated heterocycles. The van der Waals surface area contributed by atoms with Crippen LogP contribution in [0.4, 0.5) is 0 Å². The fourth-order valence-electron chi connectivity index (χ4n) is 1.38. The molecule has 2 rings (SSSR count). The van der Waals surface area contributed by atoms with Crippen LogP contribution in [0, 0.1) is 0 Å². The minimum absolute atomic E-state index is 0.0370. The topological polar surface area (TPSA) is 65.1 Å². The van der Waals surface area contributed by atoms with Crippen molar-refractivity contribution in [2.75, 3.05) is 0 Å². The Bertz CT molecular complexity index is 550. The van der Waals surface area contributed by atoms with Crippen molar-refractivity contribution in [3.05, 3.63) is 64.6 Å². The van der Waals surface area contributed by atoms with E-state index in [1.54, 1.807) is 41.2 Å². The highest BCUT2D eigenvalue weighted by Gasteiger charge is 1.99.